The summed E-state index contributed by atoms with van der Waals surface area (Å²) in [5.41, 5.74) is 0. The van der Waals surface area contributed by atoms with Gasteiger partial charge in [-0.2, -0.15) is 0 Å². The predicted molar refractivity (Wildman–Crippen MR) is 52.8 cm³/mol. The van der Waals surface area contributed by atoms with E-state index in [-0.39, 0.29) is 11.9 Å². The third-order valence-corrected chi connectivity index (χ3v) is 3.13. The van der Waals surface area contributed by atoms with Gasteiger partial charge in [-0.05, 0) is 19.3 Å². The minimum Gasteiger partial charge on any atom is -0.381 e. The molecular weight excluding hydrogens is 180 g/mol. The Kier molecular flexibility index (Phi) is 3.03. The fourth-order valence-corrected chi connectivity index (χ4v) is 2.20. The van der Waals surface area contributed by atoms with Crippen LogP contribution in [0.15, 0.2) is 0 Å². The molecule has 0 aliphatic carbocycles. The normalized spacial score (nSPS) is 29.9. The van der Waals surface area contributed by atoms with Crippen molar-refractivity contribution in [1.82, 2.24) is 10.2 Å². The lowest BCUT2D eigenvalue weighted by molar-refractivity contribution is -0.132. The maximum absolute atomic E-state index is 11.9. The number of nitrogens with one attached hydrogen (secondary N) is 1. The second-order valence-corrected chi connectivity index (χ2v) is 3.97. The molecule has 2 rings (SSSR count). The molecule has 0 aromatic rings. The number of hydrogen-bond donors (Lipinski definition) is 1. The maximum atomic E-state index is 11.9. The second-order valence-electron chi connectivity index (χ2n) is 3.97. The summed E-state index contributed by atoms with van der Waals surface area (Å²) in [5, 5.41) is 3.24. The van der Waals surface area contributed by atoms with E-state index in [0.29, 0.717) is 6.04 Å². The highest BCUT2D eigenvalue weighted by atomic mass is 16.5. The van der Waals surface area contributed by atoms with Crippen molar-refractivity contribution in [3.8, 4) is 0 Å². The summed E-state index contributed by atoms with van der Waals surface area (Å²) in [5.74, 6) is 0.277. The van der Waals surface area contributed by atoms with E-state index in [0.717, 1.165) is 39.1 Å². The highest BCUT2D eigenvalue weighted by molar-refractivity contribution is 5.84. The van der Waals surface area contributed by atoms with Gasteiger partial charge >= 0.3 is 0 Å². The van der Waals surface area contributed by atoms with E-state index < -0.39 is 0 Å². The Hall–Kier alpha value is -0.610. The Bertz CT molecular complexity index is 214. The van der Waals surface area contributed by atoms with E-state index in [2.05, 4.69) is 5.32 Å². The van der Waals surface area contributed by atoms with Crippen LogP contribution in [0.2, 0.25) is 0 Å². The SMILES string of the molecule is CCC1NCN(C2CCOCC2)C1=O. The number of rotatable bonds is 2. The largest absolute Gasteiger partial charge is 0.381 e. The number of ether oxygens (including phenoxy) is 1. The molecule has 2 saturated heterocycles. The van der Waals surface area contributed by atoms with Crippen LogP contribution in [0.1, 0.15) is 26.2 Å². The van der Waals surface area contributed by atoms with Crippen LogP contribution in [-0.4, -0.2) is 42.8 Å². The van der Waals surface area contributed by atoms with Crippen LogP contribution in [0.3, 0.4) is 0 Å². The van der Waals surface area contributed by atoms with E-state index in [4.69, 9.17) is 4.74 Å². The first-order valence-electron chi connectivity index (χ1n) is 5.44. The van der Waals surface area contributed by atoms with Crippen molar-refractivity contribution in [1.29, 1.82) is 0 Å². The summed E-state index contributed by atoms with van der Waals surface area (Å²) >= 11 is 0. The molecule has 0 saturated carbocycles. The van der Waals surface area contributed by atoms with Crippen LogP contribution in [0.25, 0.3) is 0 Å². The number of nitrogens with zero attached hydrogens (tertiary/aromatic N) is 1. The number of amides is 1. The molecule has 0 spiro atoms. The fourth-order valence-electron chi connectivity index (χ4n) is 2.20. The van der Waals surface area contributed by atoms with Crippen LogP contribution < -0.4 is 5.32 Å². The van der Waals surface area contributed by atoms with Gasteiger partial charge in [0.25, 0.3) is 0 Å². The van der Waals surface area contributed by atoms with Crippen molar-refractivity contribution in [2.75, 3.05) is 19.9 Å². The summed E-state index contributed by atoms with van der Waals surface area (Å²) in [6.45, 7) is 4.36. The van der Waals surface area contributed by atoms with Gasteiger partial charge in [0.1, 0.15) is 0 Å². The maximum Gasteiger partial charge on any atom is 0.241 e. The van der Waals surface area contributed by atoms with Crippen molar-refractivity contribution in [3.63, 3.8) is 0 Å². The highest BCUT2D eigenvalue weighted by Crippen LogP contribution is 2.18. The van der Waals surface area contributed by atoms with E-state index in [9.17, 15) is 4.79 Å². The first-order chi connectivity index (χ1) is 6.83. The molecule has 2 fully saturated rings. The number of carbonyl (C=O) groups is 1. The molecule has 1 unspecified atom stereocenters. The van der Waals surface area contributed by atoms with Crippen LogP contribution >= 0.6 is 0 Å². The predicted octanol–water partition coefficient (Wildman–Crippen LogP) is 0.333. The van der Waals surface area contributed by atoms with Gasteiger partial charge in [0.2, 0.25) is 5.91 Å². The van der Waals surface area contributed by atoms with Crippen molar-refractivity contribution in [2.24, 2.45) is 0 Å². The highest BCUT2D eigenvalue weighted by Gasteiger charge is 2.34. The van der Waals surface area contributed by atoms with Gasteiger partial charge in [-0.3, -0.25) is 10.1 Å². The molecule has 80 valence electrons. The summed E-state index contributed by atoms with van der Waals surface area (Å²) in [6.07, 6.45) is 2.87. The first-order valence-corrected chi connectivity index (χ1v) is 5.44. The molecule has 1 N–H and O–H groups in total. The lowest BCUT2D eigenvalue weighted by Gasteiger charge is -2.30. The Morgan fingerprint density at radius 3 is 2.79 bits per heavy atom. The van der Waals surface area contributed by atoms with Gasteiger partial charge in [0.05, 0.1) is 12.7 Å². The molecular formula is C10H18N2O2. The topological polar surface area (TPSA) is 41.6 Å². The second kappa shape index (κ2) is 4.28. The van der Waals surface area contributed by atoms with Crippen molar-refractivity contribution in [2.45, 2.75) is 38.3 Å². The molecule has 1 amide bonds. The Balaban J connectivity index is 1.94. The summed E-state index contributed by atoms with van der Waals surface area (Å²) in [6, 6.07) is 0.457. The van der Waals surface area contributed by atoms with Crippen molar-refractivity contribution in [3.05, 3.63) is 0 Å². The lowest BCUT2D eigenvalue weighted by Crippen LogP contribution is -2.41. The van der Waals surface area contributed by atoms with Crippen LogP contribution in [0, 0.1) is 0 Å². The van der Waals surface area contributed by atoms with E-state index >= 15 is 0 Å². The molecule has 1 atom stereocenters. The Labute approximate surface area is 84.6 Å². The molecule has 14 heavy (non-hydrogen) atoms. The number of carbonyl (C=O) groups excluding carboxylic acids is 1. The molecule has 2 aliphatic rings. The first kappa shape index (κ1) is 9.93. The van der Waals surface area contributed by atoms with Crippen molar-refractivity contribution >= 4 is 5.91 Å². The minimum atomic E-state index is 0.0536. The monoisotopic (exact) mass is 198 g/mol. The number of hydrogen-bond acceptors (Lipinski definition) is 3. The van der Waals surface area contributed by atoms with Crippen molar-refractivity contribution < 1.29 is 9.53 Å². The van der Waals surface area contributed by atoms with Gasteiger partial charge in [0, 0.05) is 19.3 Å². The third-order valence-electron chi connectivity index (χ3n) is 3.13. The van der Waals surface area contributed by atoms with Gasteiger partial charge in [-0.15, -0.1) is 0 Å². The van der Waals surface area contributed by atoms with Gasteiger partial charge in [0.15, 0.2) is 0 Å². The minimum absolute atomic E-state index is 0.0536. The van der Waals surface area contributed by atoms with Crippen LogP contribution in [0.4, 0.5) is 0 Å². The Morgan fingerprint density at radius 1 is 1.50 bits per heavy atom. The molecule has 0 aromatic heterocycles. The fraction of sp³-hybridized carbons (Fsp3) is 0.900. The molecule has 0 radical (unpaired) electrons. The average molecular weight is 198 g/mol. The lowest BCUT2D eigenvalue weighted by atomic mass is 10.1. The van der Waals surface area contributed by atoms with Gasteiger partial charge < -0.3 is 9.64 Å². The molecule has 0 bridgehead atoms. The molecule has 4 heteroatoms. The van der Waals surface area contributed by atoms with E-state index in [1.807, 2.05) is 11.8 Å². The molecule has 0 aromatic carbocycles. The zero-order valence-corrected chi connectivity index (χ0v) is 8.66. The zero-order chi connectivity index (χ0) is 9.97. The summed E-state index contributed by atoms with van der Waals surface area (Å²) in [7, 11) is 0. The third kappa shape index (κ3) is 1.77. The van der Waals surface area contributed by atoms with Gasteiger partial charge in [-0.25, -0.2) is 0 Å². The van der Waals surface area contributed by atoms with Crippen LogP contribution in [-0.2, 0) is 9.53 Å². The average Bonchev–Trinajstić information content (AvgIpc) is 2.61. The van der Waals surface area contributed by atoms with E-state index in [1.165, 1.54) is 0 Å². The zero-order valence-electron chi connectivity index (χ0n) is 8.66. The smallest absolute Gasteiger partial charge is 0.241 e. The summed E-state index contributed by atoms with van der Waals surface area (Å²) in [4.78, 5) is 13.8. The standard InChI is InChI=1S/C10H18N2O2/c1-2-9-10(13)12(7-11-9)8-3-5-14-6-4-8/h8-9,11H,2-7H2,1H3. The molecule has 4 nitrogen and oxygen atoms in total. The van der Waals surface area contributed by atoms with E-state index in [1.54, 1.807) is 0 Å². The van der Waals surface area contributed by atoms with Gasteiger partial charge in [-0.1, -0.05) is 6.92 Å². The molecule has 2 heterocycles. The Morgan fingerprint density at radius 2 is 2.21 bits per heavy atom. The molecule has 2 aliphatic heterocycles. The van der Waals surface area contributed by atoms with Crippen LogP contribution in [0.5, 0.6) is 0 Å². The summed E-state index contributed by atoms with van der Waals surface area (Å²) < 4.78 is 5.29. The quantitative estimate of drug-likeness (QED) is 0.695.